The van der Waals surface area contributed by atoms with E-state index in [9.17, 15) is 4.79 Å². The Kier molecular flexibility index (Phi) is 10.8. The molecule has 0 bridgehead atoms. The summed E-state index contributed by atoms with van der Waals surface area (Å²) in [5, 5.41) is 0. The van der Waals surface area contributed by atoms with Gasteiger partial charge >= 0.3 is 33.4 Å². The number of rotatable bonds is 5. The van der Waals surface area contributed by atoms with E-state index in [4.69, 9.17) is 14.5 Å². The quantitative estimate of drug-likeness (QED) is 0.382. The molecule has 1 aliphatic rings. The predicted molar refractivity (Wildman–Crippen MR) is 107 cm³/mol. The van der Waals surface area contributed by atoms with Crippen LogP contribution in [0, 0.1) is 13.5 Å². The van der Waals surface area contributed by atoms with Gasteiger partial charge in [-0.2, -0.15) is 0 Å². The summed E-state index contributed by atoms with van der Waals surface area (Å²) in [5.74, 6) is 0.907. The number of aliphatic imine (C=N–C) groups is 1. The molecule has 0 unspecified atom stereocenters. The van der Waals surface area contributed by atoms with Gasteiger partial charge in [0, 0.05) is 5.75 Å². The van der Waals surface area contributed by atoms with E-state index in [-0.39, 0.29) is 14.0 Å². The fraction of sp³-hybridized carbons (Fsp3) is 0.286. The van der Waals surface area contributed by atoms with Gasteiger partial charge in [0.2, 0.25) is 0 Å². The first-order valence-electron chi connectivity index (χ1n) is 8.29. The summed E-state index contributed by atoms with van der Waals surface area (Å²) in [6.07, 6.45) is 2.93. The van der Waals surface area contributed by atoms with Gasteiger partial charge in [-0.25, -0.2) is 4.79 Å². The third-order valence-corrected chi connectivity index (χ3v) is 4.06. The van der Waals surface area contributed by atoms with Crippen molar-refractivity contribution in [2.24, 2.45) is 4.99 Å². The number of nitrogens with zero attached hydrogens (tertiary/aromatic N) is 1. The van der Waals surface area contributed by atoms with Crippen LogP contribution in [0.3, 0.4) is 0 Å². The summed E-state index contributed by atoms with van der Waals surface area (Å²) < 4.78 is 15.2. The first-order valence-corrected chi connectivity index (χ1v) is 11.3. The second kappa shape index (κ2) is 12.6. The SMILES string of the molecule is COC(=O)COc1[c-]c2c(cc1)CCCC2=Nc1ccc(OC)cc1.[CH3-].[Cl][Ir+2]. The minimum absolute atomic E-state index is 0. The number of aryl methyl sites for hydroxylation is 1. The first-order chi connectivity index (χ1) is 13.2. The number of hydrogen-bond acceptors (Lipinski definition) is 5. The summed E-state index contributed by atoms with van der Waals surface area (Å²) in [6, 6.07) is 14.7. The molecule has 7 heteroatoms. The molecule has 0 fully saturated rings. The van der Waals surface area contributed by atoms with E-state index >= 15 is 0 Å². The van der Waals surface area contributed by atoms with Crippen molar-refractivity contribution < 1.29 is 36.9 Å². The minimum atomic E-state index is -0.418. The molecule has 0 amide bonds. The third kappa shape index (κ3) is 6.62. The Morgan fingerprint density at radius 1 is 1.14 bits per heavy atom. The van der Waals surface area contributed by atoms with Gasteiger partial charge in [0.1, 0.15) is 5.75 Å². The van der Waals surface area contributed by atoms with Gasteiger partial charge < -0.3 is 26.6 Å². The van der Waals surface area contributed by atoms with Gasteiger partial charge in [0.05, 0.1) is 19.9 Å². The Morgan fingerprint density at radius 2 is 1.86 bits per heavy atom. The van der Waals surface area contributed by atoms with Crippen LogP contribution in [0.1, 0.15) is 24.0 Å². The molecule has 28 heavy (non-hydrogen) atoms. The van der Waals surface area contributed by atoms with Crippen LogP contribution in [-0.4, -0.2) is 32.5 Å². The van der Waals surface area contributed by atoms with E-state index in [1.165, 1.54) is 30.6 Å². The zero-order valence-electron chi connectivity index (χ0n) is 16.1. The molecule has 0 aromatic heterocycles. The Labute approximate surface area is 181 Å². The van der Waals surface area contributed by atoms with Gasteiger partial charge in [-0.05, 0) is 36.4 Å². The molecule has 2 aromatic carbocycles. The standard InChI is InChI=1S/C20H20NO4.CH3.ClH.Ir/c1-23-16-10-7-15(8-11-16)21-19-5-3-4-14-6-9-17(12-18(14)19)25-13-20(22)24-2;;;/h6-11H,3-5,13H2,1-2H3;1H3;1H;/q2*-1;;+3/p-1. The number of methoxy groups -OCH3 is 2. The van der Waals surface area contributed by atoms with Crippen LogP contribution in [0.4, 0.5) is 5.69 Å². The zero-order chi connectivity index (χ0) is 19.6. The van der Waals surface area contributed by atoms with Crippen LogP contribution in [-0.2, 0) is 33.8 Å². The molecular formula is C21H23ClIrNO4. The fourth-order valence-corrected chi connectivity index (χ4v) is 2.75. The van der Waals surface area contributed by atoms with Crippen molar-refractivity contribution in [1.29, 1.82) is 0 Å². The molecule has 0 atom stereocenters. The second-order valence-corrected chi connectivity index (χ2v) is 5.70. The predicted octanol–water partition coefficient (Wildman–Crippen LogP) is 4.64. The molecule has 0 saturated heterocycles. The first kappa shape index (κ1) is 24.2. The number of carbonyl (C=O) groups excluding carboxylic acids is 1. The van der Waals surface area contributed by atoms with Crippen molar-refractivity contribution in [3.63, 3.8) is 0 Å². The van der Waals surface area contributed by atoms with Crippen LogP contribution < -0.4 is 9.47 Å². The summed E-state index contributed by atoms with van der Waals surface area (Å²) in [7, 11) is 7.62. The Morgan fingerprint density at radius 3 is 2.50 bits per heavy atom. The van der Waals surface area contributed by atoms with Gasteiger partial charge in [-0.15, -0.1) is 23.3 Å². The maximum absolute atomic E-state index is 11.2. The molecule has 2 aromatic rings. The number of carbonyl (C=O) groups is 1. The molecule has 5 nitrogen and oxygen atoms in total. The summed E-state index contributed by atoms with van der Waals surface area (Å²) in [6.45, 7) is -0.128. The van der Waals surface area contributed by atoms with Crippen LogP contribution in [0.15, 0.2) is 41.4 Å². The fourth-order valence-electron chi connectivity index (χ4n) is 2.75. The summed E-state index contributed by atoms with van der Waals surface area (Å²) in [5.41, 5.74) is 4.02. The number of hydrogen-bond donors (Lipinski definition) is 0. The van der Waals surface area contributed by atoms with E-state index in [1.807, 2.05) is 36.4 Å². The molecule has 0 radical (unpaired) electrons. The van der Waals surface area contributed by atoms with E-state index in [1.54, 1.807) is 7.11 Å². The molecule has 152 valence electrons. The molecule has 0 heterocycles. The molecule has 0 spiro atoms. The Bertz CT molecular complexity index is 793. The van der Waals surface area contributed by atoms with E-state index in [2.05, 4.69) is 20.4 Å². The number of ether oxygens (including phenoxy) is 3. The Balaban J connectivity index is 0.00000127. The van der Waals surface area contributed by atoms with Crippen molar-refractivity contribution in [2.75, 3.05) is 20.8 Å². The maximum atomic E-state index is 11.2. The molecular weight excluding hydrogens is 558 g/mol. The van der Waals surface area contributed by atoms with Crippen molar-refractivity contribution in [3.8, 4) is 11.5 Å². The number of benzene rings is 2. The van der Waals surface area contributed by atoms with Crippen LogP contribution in [0.2, 0.25) is 0 Å². The third-order valence-electron chi connectivity index (χ3n) is 4.06. The van der Waals surface area contributed by atoms with Crippen molar-refractivity contribution in [1.82, 2.24) is 0 Å². The number of esters is 1. The van der Waals surface area contributed by atoms with E-state index in [0.717, 1.165) is 42.0 Å². The average Bonchev–Trinajstić information content (AvgIpc) is 2.74. The molecule has 0 aliphatic heterocycles. The van der Waals surface area contributed by atoms with Crippen LogP contribution in [0.5, 0.6) is 11.5 Å². The second-order valence-electron chi connectivity index (χ2n) is 5.70. The summed E-state index contributed by atoms with van der Waals surface area (Å²) in [4.78, 5) is 16.0. The van der Waals surface area contributed by atoms with Gasteiger partial charge in [-0.1, -0.05) is 18.9 Å². The van der Waals surface area contributed by atoms with Crippen molar-refractivity contribution in [2.45, 2.75) is 19.3 Å². The molecule has 1 aliphatic carbocycles. The van der Waals surface area contributed by atoms with Crippen molar-refractivity contribution >= 4 is 27.0 Å². The zero-order valence-corrected chi connectivity index (χ0v) is 19.2. The summed E-state index contributed by atoms with van der Waals surface area (Å²) >= 11 is 1.47. The Hall–Kier alpha value is -1.88. The van der Waals surface area contributed by atoms with Crippen LogP contribution in [0.25, 0.3) is 0 Å². The number of fused-ring (bicyclic) bond motifs is 1. The molecule has 3 rings (SSSR count). The van der Waals surface area contributed by atoms with Gasteiger partial charge in [0.15, 0.2) is 6.61 Å². The van der Waals surface area contributed by atoms with Gasteiger partial charge in [0.25, 0.3) is 0 Å². The normalized spacial score (nSPS) is 13.4. The van der Waals surface area contributed by atoms with E-state index < -0.39 is 5.97 Å². The molecule has 0 saturated carbocycles. The topological polar surface area (TPSA) is 57.1 Å². The monoisotopic (exact) mass is 581 g/mol. The number of halogens is 1. The average molecular weight is 581 g/mol. The van der Waals surface area contributed by atoms with Crippen molar-refractivity contribution in [3.05, 3.63) is 61.0 Å². The van der Waals surface area contributed by atoms with Gasteiger partial charge in [-0.3, -0.25) is 0 Å². The molecule has 0 N–H and O–H groups in total. The van der Waals surface area contributed by atoms with E-state index in [0.29, 0.717) is 5.75 Å². The van der Waals surface area contributed by atoms with Crippen LogP contribution >= 0.6 is 9.58 Å².